The van der Waals surface area contributed by atoms with Gasteiger partial charge >= 0.3 is 0 Å². The van der Waals surface area contributed by atoms with Crippen molar-refractivity contribution in [2.45, 2.75) is 12.2 Å². The molecular formula is C8H11NO3. The Bertz CT molecular complexity index is 227. The molecule has 4 nitrogen and oxygen atoms in total. The second-order valence-corrected chi connectivity index (χ2v) is 2.48. The first-order valence-electron chi connectivity index (χ1n) is 3.62. The highest BCUT2D eigenvalue weighted by Gasteiger charge is 2.16. The molecule has 12 heavy (non-hydrogen) atoms. The van der Waals surface area contributed by atoms with E-state index in [2.05, 4.69) is 4.98 Å². The topological polar surface area (TPSA) is 73.6 Å². The van der Waals surface area contributed by atoms with Crippen molar-refractivity contribution in [3.8, 4) is 0 Å². The molecule has 0 saturated carbocycles. The Morgan fingerprint density at radius 2 is 1.83 bits per heavy atom. The summed E-state index contributed by atoms with van der Waals surface area (Å²) in [6.45, 7) is -0.455. The molecule has 0 aliphatic heterocycles. The fraction of sp³-hybridized carbons (Fsp3) is 0.375. The van der Waals surface area contributed by atoms with E-state index in [9.17, 15) is 5.11 Å². The van der Waals surface area contributed by atoms with Crippen LogP contribution in [0.2, 0.25) is 0 Å². The van der Waals surface area contributed by atoms with E-state index in [0.29, 0.717) is 5.56 Å². The molecule has 0 fully saturated rings. The first-order valence-corrected chi connectivity index (χ1v) is 3.62. The van der Waals surface area contributed by atoms with Crippen LogP contribution >= 0.6 is 0 Å². The average molecular weight is 169 g/mol. The van der Waals surface area contributed by atoms with Crippen LogP contribution in [0.1, 0.15) is 11.7 Å². The van der Waals surface area contributed by atoms with Crippen molar-refractivity contribution in [3.05, 3.63) is 30.1 Å². The van der Waals surface area contributed by atoms with Crippen LogP contribution in [0.3, 0.4) is 0 Å². The van der Waals surface area contributed by atoms with Crippen LogP contribution in [0.4, 0.5) is 0 Å². The van der Waals surface area contributed by atoms with Gasteiger partial charge in [-0.1, -0.05) is 0 Å². The van der Waals surface area contributed by atoms with Gasteiger partial charge in [-0.25, -0.2) is 0 Å². The van der Waals surface area contributed by atoms with Gasteiger partial charge in [0.05, 0.1) is 6.61 Å². The third-order valence-corrected chi connectivity index (χ3v) is 1.60. The highest BCUT2D eigenvalue weighted by molar-refractivity contribution is 5.14. The molecule has 1 rings (SSSR count). The molecule has 1 aromatic rings. The summed E-state index contributed by atoms with van der Waals surface area (Å²) in [5, 5.41) is 27.0. The summed E-state index contributed by atoms with van der Waals surface area (Å²) >= 11 is 0. The minimum Gasteiger partial charge on any atom is -0.394 e. The van der Waals surface area contributed by atoms with Gasteiger partial charge in [-0.2, -0.15) is 0 Å². The lowest BCUT2D eigenvalue weighted by molar-refractivity contribution is -0.0152. The van der Waals surface area contributed by atoms with E-state index in [0.717, 1.165) is 0 Å². The lowest BCUT2D eigenvalue weighted by Gasteiger charge is -2.14. The van der Waals surface area contributed by atoms with Crippen molar-refractivity contribution in [1.82, 2.24) is 4.98 Å². The van der Waals surface area contributed by atoms with Crippen LogP contribution in [0.5, 0.6) is 0 Å². The first-order chi connectivity index (χ1) is 5.75. The van der Waals surface area contributed by atoms with Crippen molar-refractivity contribution in [2.75, 3.05) is 6.61 Å². The molecule has 0 unspecified atom stereocenters. The van der Waals surface area contributed by atoms with Crippen LogP contribution in [-0.4, -0.2) is 33.0 Å². The number of aliphatic hydroxyl groups excluding tert-OH is 3. The molecule has 0 aromatic carbocycles. The number of rotatable bonds is 3. The Kier molecular flexibility index (Phi) is 3.16. The van der Waals surface area contributed by atoms with Gasteiger partial charge in [0.15, 0.2) is 0 Å². The van der Waals surface area contributed by atoms with Gasteiger partial charge in [-0.05, 0) is 17.7 Å². The summed E-state index contributed by atoms with van der Waals surface area (Å²) in [6.07, 6.45) is 0.857. The lowest BCUT2D eigenvalue weighted by Crippen LogP contribution is -2.21. The maximum absolute atomic E-state index is 9.35. The number of hydrogen-bond donors (Lipinski definition) is 3. The normalized spacial score (nSPS) is 15.6. The molecule has 0 spiro atoms. The standard InChI is InChI=1S/C8H11NO3/c10-5-7(11)8(12)6-1-3-9-4-2-6/h1-4,7-8,10-12H,5H2/t7-,8-/m1/s1. The summed E-state index contributed by atoms with van der Waals surface area (Å²) in [6, 6.07) is 3.17. The number of hydrogen-bond acceptors (Lipinski definition) is 4. The smallest absolute Gasteiger partial charge is 0.107 e. The SMILES string of the molecule is OC[C@@H](O)[C@H](O)c1ccncc1. The summed E-state index contributed by atoms with van der Waals surface area (Å²) in [5.74, 6) is 0. The molecule has 2 atom stereocenters. The van der Waals surface area contributed by atoms with Gasteiger partial charge in [0, 0.05) is 12.4 Å². The summed E-state index contributed by atoms with van der Waals surface area (Å²) in [4.78, 5) is 3.76. The maximum Gasteiger partial charge on any atom is 0.107 e. The predicted molar refractivity (Wildman–Crippen MR) is 42.3 cm³/mol. The number of nitrogens with zero attached hydrogens (tertiary/aromatic N) is 1. The molecule has 0 aliphatic rings. The van der Waals surface area contributed by atoms with Gasteiger partial charge in [-0.3, -0.25) is 4.98 Å². The van der Waals surface area contributed by atoms with Crippen molar-refractivity contribution in [1.29, 1.82) is 0 Å². The van der Waals surface area contributed by atoms with Gasteiger partial charge in [0.2, 0.25) is 0 Å². The highest BCUT2D eigenvalue weighted by atomic mass is 16.4. The average Bonchev–Trinajstić information content (AvgIpc) is 2.17. The van der Waals surface area contributed by atoms with Crippen molar-refractivity contribution >= 4 is 0 Å². The Labute approximate surface area is 70.1 Å². The van der Waals surface area contributed by atoms with E-state index in [4.69, 9.17) is 10.2 Å². The maximum atomic E-state index is 9.35. The summed E-state index contributed by atoms with van der Waals surface area (Å²) < 4.78 is 0. The van der Waals surface area contributed by atoms with Gasteiger partial charge < -0.3 is 15.3 Å². The molecule has 3 N–H and O–H groups in total. The second-order valence-electron chi connectivity index (χ2n) is 2.48. The molecule has 0 radical (unpaired) electrons. The minimum absolute atomic E-state index is 0.455. The van der Waals surface area contributed by atoms with Crippen LogP contribution in [0.15, 0.2) is 24.5 Å². The Morgan fingerprint density at radius 1 is 1.25 bits per heavy atom. The molecule has 66 valence electrons. The number of pyridine rings is 1. The molecule has 1 aromatic heterocycles. The van der Waals surface area contributed by atoms with Crippen LogP contribution in [-0.2, 0) is 0 Å². The van der Waals surface area contributed by atoms with Crippen molar-refractivity contribution in [2.24, 2.45) is 0 Å². The Hall–Kier alpha value is -0.970. The molecule has 0 bridgehead atoms. The second kappa shape index (κ2) is 4.15. The monoisotopic (exact) mass is 169 g/mol. The zero-order valence-electron chi connectivity index (χ0n) is 6.46. The quantitative estimate of drug-likeness (QED) is 0.568. The molecule has 0 aliphatic carbocycles. The van der Waals surface area contributed by atoms with Gasteiger partial charge in [-0.15, -0.1) is 0 Å². The summed E-state index contributed by atoms with van der Waals surface area (Å²) in [7, 11) is 0. The molecular weight excluding hydrogens is 158 g/mol. The van der Waals surface area contributed by atoms with E-state index in [1.165, 1.54) is 12.4 Å². The minimum atomic E-state index is -1.13. The largest absolute Gasteiger partial charge is 0.394 e. The van der Waals surface area contributed by atoms with Gasteiger partial charge in [0.25, 0.3) is 0 Å². The number of aromatic nitrogens is 1. The summed E-state index contributed by atoms with van der Waals surface area (Å²) in [5.41, 5.74) is 0.548. The van der Waals surface area contributed by atoms with Crippen LogP contribution < -0.4 is 0 Å². The molecule has 1 heterocycles. The molecule has 4 heteroatoms. The fourth-order valence-electron chi connectivity index (χ4n) is 0.883. The Balaban J connectivity index is 2.71. The van der Waals surface area contributed by atoms with Crippen molar-refractivity contribution < 1.29 is 15.3 Å². The van der Waals surface area contributed by atoms with E-state index in [1.54, 1.807) is 12.1 Å². The first kappa shape index (κ1) is 9.12. The van der Waals surface area contributed by atoms with E-state index >= 15 is 0 Å². The lowest BCUT2D eigenvalue weighted by atomic mass is 10.1. The highest BCUT2D eigenvalue weighted by Crippen LogP contribution is 2.14. The third kappa shape index (κ3) is 2.01. The zero-order valence-corrected chi connectivity index (χ0v) is 6.46. The van der Waals surface area contributed by atoms with Gasteiger partial charge in [0.1, 0.15) is 12.2 Å². The molecule has 0 saturated heterocycles. The van der Waals surface area contributed by atoms with E-state index < -0.39 is 18.8 Å². The van der Waals surface area contributed by atoms with E-state index in [1.807, 2.05) is 0 Å². The molecule has 0 amide bonds. The predicted octanol–water partition coefficient (Wildman–Crippen LogP) is -0.532. The number of aliphatic hydroxyl groups is 3. The van der Waals surface area contributed by atoms with Crippen molar-refractivity contribution in [3.63, 3.8) is 0 Å². The zero-order chi connectivity index (χ0) is 8.97. The van der Waals surface area contributed by atoms with E-state index in [-0.39, 0.29) is 0 Å². The van der Waals surface area contributed by atoms with Crippen LogP contribution in [0, 0.1) is 0 Å². The Morgan fingerprint density at radius 3 is 2.33 bits per heavy atom. The fourth-order valence-corrected chi connectivity index (χ4v) is 0.883. The van der Waals surface area contributed by atoms with Crippen LogP contribution in [0.25, 0.3) is 0 Å². The third-order valence-electron chi connectivity index (χ3n) is 1.60.